The highest BCUT2D eigenvalue weighted by molar-refractivity contribution is 5.70. The highest BCUT2D eigenvalue weighted by atomic mass is 16.7. The zero-order valence-corrected chi connectivity index (χ0v) is 12.9. The first-order valence-corrected chi connectivity index (χ1v) is 7.35. The Balaban J connectivity index is 3.47. The van der Waals surface area contributed by atoms with E-state index in [1.54, 1.807) is 0 Å². The minimum Gasteiger partial charge on any atom is -0.425 e. The predicted molar refractivity (Wildman–Crippen MR) is 79.7 cm³/mol. The van der Waals surface area contributed by atoms with Crippen molar-refractivity contribution in [2.75, 3.05) is 39.3 Å². The van der Waals surface area contributed by atoms with Crippen LogP contribution in [0.5, 0.6) is 0 Å². The van der Waals surface area contributed by atoms with Gasteiger partial charge in [0.1, 0.15) is 0 Å². The zero-order chi connectivity index (χ0) is 15.9. The Labute approximate surface area is 126 Å². The normalized spacial score (nSPS) is 11.8. The van der Waals surface area contributed by atoms with Gasteiger partial charge >= 0.3 is 12.1 Å². The van der Waals surface area contributed by atoms with Gasteiger partial charge in [-0.3, -0.25) is 4.79 Å². The zero-order valence-electron chi connectivity index (χ0n) is 12.9. The third-order valence-corrected chi connectivity index (χ3v) is 2.40. The molecular weight excluding hydrogens is 276 g/mol. The second kappa shape index (κ2) is 13.6. The smallest absolute Gasteiger partial charge is 0.410 e. The van der Waals surface area contributed by atoms with Crippen LogP contribution >= 0.6 is 0 Å². The number of rotatable bonds is 12. The molecule has 0 saturated carbocycles. The molecule has 21 heavy (non-hydrogen) atoms. The second-order valence-corrected chi connectivity index (χ2v) is 4.43. The molecule has 0 rings (SSSR count). The molecule has 0 heterocycles. The Bertz CT molecular complexity index is 289. The molecule has 0 aliphatic heterocycles. The van der Waals surface area contributed by atoms with E-state index in [0.29, 0.717) is 32.5 Å². The molecule has 1 amide bonds. The van der Waals surface area contributed by atoms with Crippen LogP contribution < -0.4 is 21.7 Å². The lowest BCUT2D eigenvalue weighted by molar-refractivity contribution is -0.164. The van der Waals surface area contributed by atoms with Crippen molar-refractivity contribution in [3.8, 4) is 0 Å². The molecule has 0 saturated heterocycles. The summed E-state index contributed by atoms with van der Waals surface area (Å²) in [5.41, 5.74) is 5.34. The molecule has 124 valence electrons. The molecule has 5 N–H and O–H groups in total. The van der Waals surface area contributed by atoms with Gasteiger partial charge in [-0.2, -0.15) is 0 Å². The number of hydrogen-bond donors (Lipinski definition) is 4. The van der Waals surface area contributed by atoms with Crippen molar-refractivity contribution in [2.24, 2.45) is 5.73 Å². The van der Waals surface area contributed by atoms with Crippen LogP contribution in [0.25, 0.3) is 0 Å². The van der Waals surface area contributed by atoms with Crippen LogP contribution in [-0.4, -0.2) is 57.6 Å². The van der Waals surface area contributed by atoms with Crippen molar-refractivity contribution in [3.05, 3.63) is 0 Å². The fourth-order valence-electron chi connectivity index (χ4n) is 1.45. The molecule has 0 spiro atoms. The van der Waals surface area contributed by atoms with Gasteiger partial charge in [0.25, 0.3) is 0 Å². The quantitative estimate of drug-likeness (QED) is 0.219. The Morgan fingerprint density at radius 3 is 2.29 bits per heavy atom. The Hall–Kier alpha value is -1.38. The maximum Gasteiger partial charge on any atom is 0.410 e. The van der Waals surface area contributed by atoms with Crippen molar-refractivity contribution in [3.63, 3.8) is 0 Å². The van der Waals surface area contributed by atoms with E-state index in [-0.39, 0.29) is 5.97 Å². The molecule has 8 nitrogen and oxygen atoms in total. The molecule has 0 radical (unpaired) electrons. The largest absolute Gasteiger partial charge is 0.425 e. The van der Waals surface area contributed by atoms with Crippen molar-refractivity contribution >= 4 is 12.1 Å². The molecular formula is C13H28N4O4. The first-order valence-electron chi connectivity index (χ1n) is 7.35. The minimum atomic E-state index is -0.877. The minimum absolute atomic E-state index is 0.317. The van der Waals surface area contributed by atoms with Crippen molar-refractivity contribution in [1.82, 2.24) is 16.0 Å². The number of carbonyl (C=O) groups is 2. The summed E-state index contributed by atoms with van der Waals surface area (Å²) in [4.78, 5) is 22.6. The number of alkyl carbamates (subject to hydrolysis) is 1. The van der Waals surface area contributed by atoms with Gasteiger partial charge in [0.2, 0.25) is 6.29 Å². The van der Waals surface area contributed by atoms with Crippen LogP contribution in [0.1, 0.15) is 26.7 Å². The van der Waals surface area contributed by atoms with Gasteiger partial charge in [0, 0.05) is 52.6 Å². The van der Waals surface area contributed by atoms with Crippen LogP contribution in [0.4, 0.5) is 4.79 Å². The standard InChI is InChI=1S/C13H28N4O4/c1-3-4-12(18)20-11(2)21-13(19)17-10-9-16-8-7-15-6-5-14/h11,15-16H,3-10,14H2,1-2H3,(H,17,19). The highest BCUT2D eigenvalue weighted by Gasteiger charge is 2.12. The summed E-state index contributed by atoms with van der Waals surface area (Å²) in [6, 6.07) is 0. The van der Waals surface area contributed by atoms with E-state index in [9.17, 15) is 9.59 Å². The SMILES string of the molecule is CCCC(=O)OC(C)OC(=O)NCCNCCNCCN. The Morgan fingerprint density at radius 1 is 1.05 bits per heavy atom. The average Bonchev–Trinajstić information content (AvgIpc) is 2.41. The highest BCUT2D eigenvalue weighted by Crippen LogP contribution is 1.99. The van der Waals surface area contributed by atoms with Crippen LogP contribution in [-0.2, 0) is 14.3 Å². The van der Waals surface area contributed by atoms with Crippen LogP contribution in [0, 0.1) is 0 Å². The van der Waals surface area contributed by atoms with Crippen molar-refractivity contribution < 1.29 is 19.1 Å². The maximum atomic E-state index is 11.4. The molecule has 1 unspecified atom stereocenters. The summed E-state index contributed by atoms with van der Waals surface area (Å²) >= 11 is 0. The van der Waals surface area contributed by atoms with E-state index >= 15 is 0 Å². The number of hydrogen-bond acceptors (Lipinski definition) is 7. The van der Waals surface area contributed by atoms with E-state index < -0.39 is 12.4 Å². The predicted octanol–water partition coefficient (Wildman–Crippen LogP) is -0.460. The summed E-state index contributed by atoms with van der Waals surface area (Å²) in [7, 11) is 0. The number of nitrogens with two attached hydrogens (primary N) is 1. The second-order valence-electron chi connectivity index (χ2n) is 4.43. The van der Waals surface area contributed by atoms with Crippen molar-refractivity contribution in [1.29, 1.82) is 0 Å². The van der Waals surface area contributed by atoms with E-state index in [0.717, 1.165) is 19.6 Å². The number of ether oxygens (including phenoxy) is 2. The third kappa shape index (κ3) is 13.4. The van der Waals surface area contributed by atoms with E-state index in [4.69, 9.17) is 15.2 Å². The summed E-state index contributed by atoms with van der Waals surface area (Å²) in [5.74, 6) is -0.371. The van der Waals surface area contributed by atoms with E-state index in [2.05, 4.69) is 16.0 Å². The topological polar surface area (TPSA) is 115 Å². The number of carbonyl (C=O) groups excluding carboxylic acids is 2. The summed E-state index contributed by atoms with van der Waals surface area (Å²) in [6.45, 7) is 7.48. The van der Waals surface area contributed by atoms with E-state index in [1.165, 1.54) is 6.92 Å². The first-order chi connectivity index (χ1) is 10.1. The number of esters is 1. The molecule has 0 aliphatic carbocycles. The monoisotopic (exact) mass is 304 g/mol. The van der Waals surface area contributed by atoms with Crippen molar-refractivity contribution in [2.45, 2.75) is 33.0 Å². The lowest BCUT2D eigenvalue weighted by Gasteiger charge is -2.14. The molecule has 1 atom stereocenters. The Kier molecular flexibility index (Phi) is 12.7. The molecule has 0 aliphatic rings. The van der Waals surface area contributed by atoms with Gasteiger partial charge < -0.3 is 31.2 Å². The lowest BCUT2D eigenvalue weighted by atomic mass is 10.3. The molecule has 0 aromatic heterocycles. The molecule has 0 aromatic rings. The van der Waals surface area contributed by atoms with Gasteiger partial charge in [-0.05, 0) is 6.42 Å². The van der Waals surface area contributed by atoms with E-state index in [1.807, 2.05) is 6.92 Å². The molecule has 0 fully saturated rings. The van der Waals surface area contributed by atoms with Gasteiger partial charge in [-0.15, -0.1) is 0 Å². The summed E-state index contributed by atoms with van der Waals surface area (Å²) < 4.78 is 9.77. The first kappa shape index (κ1) is 19.6. The maximum absolute atomic E-state index is 11.4. The van der Waals surface area contributed by atoms with Crippen LogP contribution in [0.3, 0.4) is 0 Å². The van der Waals surface area contributed by atoms with Gasteiger partial charge in [0.05, 0.1) is 0 Å². The molecule has 0 bridgehead atoms. The number of amides is 1. The van der Waals surface area contributed by atoms with Crippen LogP contribution in [0.2, 0.25) is 0 Å². The Morgan fingerprint density at radius 2 is 1.67 bits per heavy atom. The van der Waals surface area contributed by atoms with Gasteiger partial charge in [-0.25, -0.2) is 4.79 Å². The molecule has 0 aromatic carbocycles. The third-order valence-electron chi connectivity index (χ3n) is 2.40. The summed E-state index contributed by atoms with van der Waals surface area (Å²) in [5, 5.41) is 8.85. The summed E-state index contributed by atoms with van der Waals surface area (Å²) in [6.07, 6.45) is -0.464. The fraction of sp³-hybridized carbons (Fsp3) is 0.846. The molecule has 8 heteroatoms. The van der Waals surface area contributed by atoms with Gasteiger partial charge in [0.15, 0.2) is 0 Å². The van der Waals surface area contributed by atoms with Crippen LogP contribution in [0.15, 0.2) is 0 Å². The lowest BCUT2D eigenvalue weighted by Crippen LogP contribution is -2.37. The average molecular weight is 304 g/mol. The fourth-order valence-corrected chi connectivity index (χ4v) is 1.45. The van der Waals surface area contributed by atoms with Gasteiger partial charge in [-0.1, -0.05) is 6.92 Å². The number of nitrogens with one attached hydrogen (secondary N) is 3.